The first-order chi connectivity index (χ1) is 8.34. The molecule has 0 atom stereocenters. The third kappa shape index (κ3) is 4.06. The minimum Gasteiger partial charge on any atom is -0.395 e. The van der Waals surface area contributed by atoms with Gasteiger partial charge in [-0.1, -0.05) is 0 Å². The Balaban J connectivity index is 2.86. The summed E-state index contributed by atoms with van der Waals surface area (Å²) in [6.45, 7) is -1.32. The highest BCUT2D eigenvalue weighted by molar-refractivity contribution is 5.37. The number of alkyl halides is 5. The van der Waals surface area contributed by atoms with Crippen LogP contribution < -0.4 is 4.90 Å². The van der Waals surface area contributed by atoms with Gasteiger partial charge in [0.15, 0.2) is 11.5 Å². The minimum absolute atomic E-state index is 0.141. The molecule has 0 aliphatic rings. The second-order valence-electron chi connectivity index (χ2n) is 3.34. The summed E-state index contributed by atoms with van der Waals surface area (Å²) in [7, 11) is 0. The van der Waals surface area contributed by atoms with E-state index >= 15 is 0 Å². The molecule has 0 amide bonds. The molecule has 0 spiro atoms. The number of halogens is 5. The van der Waals surface area contributed by atoms with Gasteiger partial charge >= 0.3 is 6.18 Å². The molecule has 1 aromatic rings. The maximum Gasteiger partial charge on any atom is 0.435 e. The quantitative estimate of drug-likeness (QED) is 0.826. The minimum atomic E-state index is -4.63. The molecular weight excluding hydrogens is 261 g/mol. The van der Waals surface area contributed by atoms with Crippen molar-refractivity contribution in [3.63, 3.8) is 0 Å². The fourth-order valence-corrected chi connectivity index (χ4v) is 1.23. The van der Waals surface area contributed by atoms with Gasteiger partial charge in [-0.15, -0.1) is 10.2 Å². The molecule has 0 aliphatic heterocycles. The maximum atomic E-state index is 12.2. The van der Waals surface area contributed by atoms with Gasteiger partial charge in [0.1, 0.15) is 0 Å². The molecule has 0 saturated carbocycles. The highest BCUT2D eigenvalue weighted by Crippen LogP contribution is 2.27. The summed E-state index contributed by atoms with van der Waals surface area (Å²) in [5.41, 5.74) is -1.20. The molecule has 0 unspecified atom stereocenters. The van der Waals surface area contributed by atoms with Crippen LogP contribution in [0.3, 0.4) is 0 Å². The molecule has 9 heteroatoms. The van der Waals surface area contributed by atoms with E-state index in [1.54, 1.807) is 0 Å². The zero-order valence-corrected chi connectivity index (χ0v) is 9.03. The maximum absolute atomic E-state index is 12.2. The first-order valence-corrected chi connectivity index (χ1v) is 4.89. The first-order valence-electron chi connectivity index (χ1n) is 4.89. The number of anilines is 1. The van der Waals surface area contributed by atoms with Crippen LogP contribution in [0.1, 0.15) is 5.69 Å². The van der Waals surface area contributed by atoms with Gasteiger partial charge in [-0.25, -0.2) is 8.78 Å². The van der Waals surface area contributed by atoms with Gasteiger partial charge in [0.2, 0.25) is 0 Å². The van der Waals surface area contributed by atoms with Crippen LogP contribution >= 0.6 is 0 Å². The predicted octanol–water partition coefficient (Wildman–Crippen LogP) is 1.56. The van der Waals surface area contributed by atoms with Gasteiger partial charge in [0, 0.05) is 6.54 Å². The lowest BCUT2D eigenvalue weighted by Crippen LogP contribution is -2.32. The molecule has 4 nitrogen and oxygen atoms in total. The molecule has 1 aromatic heterocycles. The van der Waals surface area contributed by atoms with Gasteiger partial charge < -0.3 is 10.0 Å². The van der Waals surface area contributed by atoms with E-state index in [0.717, 1.165) is 11.0 Å². The van der Waals surface area contributed by atoms with E-state index in [4.69, 9.17) is 5.11 Å². The molecule has 0 radical (unpaired) electrons. The Morgan fingerprint density at radius 2 is 1.89 bits per heavy atom. The van der Waals surface area contributed by atoms with E-state index in [-0.39, 0.29) is 12.4 Å². The summed E-state index contributed by atoms with van der Waals surface area (Å²) in [6.07, 6.45) is -7.32. The van der Waals surface area contributed by atoms with E-state index in [1.165, 1.54) is 0 Å². The van der Waals surface area contributed by atoms with E-state index in [2.05, 4.69) is 10.2 Å². The Labute approximate surface area is 99.0 Å². The summed E-state index contributed by atoms with van der Waals surface area (Å²) in [6, 6.07) is 1.59. The summed E-state index contributed by atoms with van der Waals surface area (Å²) in [4.78, 5) is 0.956. The number of nitrogens with zero attached hydrogens (tertiary/aromatic N) is 3. The smallest absolute Gasteiger partial charge is 0.395 e. The molecule has 18 heavy (non-hydrogen) atoms. The molecule has 0 saturated heterocycles. The van der Waals surface area contributed by atoms with Crippen molar-refractivity contribution < 1.29 is 27.1 Å². The largest absolute Gasteiger partial charge is 0.435 e. The summed E-state index contributed by atoms with van der Waals surface area (Å²) in [5.74, 6) is -0.141. The average molecular weight is 271 g/mol. The standard InChI is InChI=1S/C9H10F5N3O/c10-7(11)5-17(3-4-18)8-2-1-6(15-16-8)9(12,13)14/h1-2,7,18H,3-5H2. The van der Waals surface area contributed by atoms with Gasteiger partial charge in [-0.05, 0) is 12.1 Å². The van der Waals surface area contributed by atoms with Gasteiger partial charge in [0.25, 0.3) is 6.43 Å². The monoisotopic (exact) mass is 271 g/mol. The van der Waals surface area contributed by atoms with Crippen LogP contribution in [0, 0.1) is 0 Å². The van der Waals surface area contributed by atoms with Gasteiger partial charge in [-0.3, -0.25) is 0 Å². The summed E-state index contributed by atoms with van der Waals surface area (Å²) in [5, 5.41) is 14.8. The Morgan fingerprint density at radius 3 is 2.28 bits per heavy atom. The fourth-order valence-electron chi connectivity index (χ4n) is 1.23. The highest BCUT2D eigenvalue weighted by atomic mass is 19.4. The molecular formula is C9H10F5N3O. The fraction of sp³-hybridized carbons (Fsp3) is 0.556. The predicted molar refractivity (Wildman–Crippen MR) is 52.3 cm³/mol. The van der Waals surface area contributed by atoms with Crippen LogP contribution in [0.4, 0.5) is 27.8 Å². The van der Waals surface area contributed by atoms with Gasteiger partial charge in [-0.2, -0.15) is 13.2 Å². The number of aliphatic hydroxyl groups is 1. The van der Waals surface area contributed by atoms with E-state index in [1.807, 2.05) is 0 Å². The molecule has 0 aliphatic carbocycles. The Kier molecular flexibility index (Phi) is 4.76. The van der Waals surface area contributed by atoms with E-state index in [9.17, 15) is 22.0 Å². The molecule has 1 N–H and O–H groups in total. The number of aliphatic hydroxyl groups excluding tert-OH is 1. The Bertz CT molecular complexity index is 367. The normalized spacial score (nSPS) is 11.9. The lowest BCUT2D eigenvalue weighted by atomic mass is 10.3. The third-order valence-electron chi connectivity index (χ3n) is 1.99. The number of hydrogen-bond acceptors (Lipinski definition) is 4. The first kappa shape index (κ1) is 14.6. The van der Waals surface area contributed by atoms with Crippen molar-refractivity contribution in [3.05, 3.63) is 17.8 Å². The van der Waals surface area contributed by atoms with Crippen molar-refractivity contribution in [2.45, 2.75) is 12.6 Å². The van der Waals surface area contributed by atoms with Crippen LogP contribution in [0.2, 0.25) is 0 Å². The summed E-state index contributed by atoms with van der Waals surface area (Å²) < 4.78 is 61.0. The lowest BCUT2D eigenvalue weighted by molar-refractivity contribution is -0.141. The van der Waals surface area contributed by atoms with Crippen LogP contribution in [0.5, 0.6) is 0 Å². The molecule has 0 bridgehead atoms. The van der Waals surface area contributed by atoms with Crippen molar-refractivity contribution in [1.82, 2.24) is 10.2 Å². The lowest BCUT2D eigenvalue weighted by Gasteiger charge is -2.21. The van der Waals surface area contributed by atoms with Crippen LogP contribution in [-0.2, 0) is 6.18 Å². The second-order valence-corrected chi connectivity index (χ2v) is 3.34. The zero-order chi connectivity index (χ0) is 13.8. The zero-order valence-electron chi connectivity index (χ0n) is 9.03. The van der Waals surface area contributed by atoms with Crippen LogP contribution in [-0.4, -0.2) is 41.4 Å². The average Bonchev–Trinajstić information content (AvgIpc) is 2.27. The van der Waals surface area contributed by atoms with Crippen LogP contribution in [0.25, 0.3) is 0 Å². The molecule has 1 heterocycles. The van der Waals surface area contributed by atoms with E-state index in [0.29, 0.717) is 6.07 Å². The Hall–Kier alpha value is -1.51. The molecule has 0 fully saturated rings. The molecule has 0 aromatic carbocycles. The second kappa shape index (κ2) is 5.89. The van der Waals surface area contributed by atoms with E-state index < -0.39 is 31.4 Å². The van der Waals surface area contributed by atoms with Crippen molar-refractivity contribution in [3.8, 4) is 0 Å². The van der Waals surface area contributed by atoms with Crippen LogP contribution in [0.15, 0.2) is 12.1 Å². The van der Waals surface area contributed by atoms with Crippen molar-refractivity contribution in [1.29, 1.82) is 0 Å². The summed E-state index contributed by atoms with van der Waals surface area (Å²) >= 11 is 0. The third-order valence-corrected chi connectivity index (χ3v) is 1.99. The highest BCUT2D eigenvalue weighted by Gasteiger charge is 2.33. The number of rotatable bonds is 5. The Morgan fingerprint density at radius 1 is 1.22 bits per heavy atom. The van der Waals surface area contributed by atoms with Crippen molar-refractivity contribution in [2.24, 2.45) is 0 Å². The molecule has 102 valence electrons. The molecule has 1 rings (SSSR count). The SMILES string of the molecule is OCCN(CC(F)F)c1ccc(C(F)(F)F)nn1. The van der Waals surface area contributed by atoms with Crippen molar-refractivity contribution in [2.75, 3.05) is 24.6 Å². The number of aromatic nitrogens is 2. The van der Waals surface area contributed by atoms with Gasteiger partial charge in [0.05, 0.1) is 13.2 Å². The van der Waals surface area contributed by atoms with Crippen molar-refractivity contribution >= 4 is 5.82 Å². The number of hydrogen-bond donors (Lipinski definition) is 1. The topological polar surface area (TPSA) is 49.2 Å².